The first-order chi connectivity index (χ1) is 12.7. The van der Waals surface area contributed by atoms with Gasteiger partial charge in [0.1, 0.15) is 0 Å². The summed E-state index contributed by atoms with van der Waals surface area (Å²) in [6, 6.07) is 20.5. The van der Waals surface area contributed by atoms with E-state index in [1.807, 2.05) is 43.3 Å². The summed E-state index contributed by atoms with van der Waals surface area (Å²) < 4.78 is 0. The van der Waals surface area contributed by atoms with Crippen molar-refractivity contribution in [1.29, 1.82) is 0 Å². The fraction of sp³-hybridized carbons (Fsp3) is 0.273. The van der Waals surface area contributed by atoms with Crippen LogP contribution in [0.2, 0.25) is 0 Å². The van der Waals surface area contributed by atoms with Crippen molar-refractivity contribution in [3.05, 3.63) is 71.9 Å². The fourth-order valence-electron chi connectivity index (χ4n) is 3.74. The maximum atomic E-state index is 12.8. The predicted molar refractivity (Wildman–Crippen MR) is 106 cm³/mol. The number of benzene rings is 2. The van der Waals surface area contributed by atoms with Crippen LogP contribution in [0.25, 0.3) is 10.9 Å². The Bertz CT molecular complexity index is 923. The molecule has 4 heteroatoms. The number of amides is 1. The molecule has 1 atom stereocenters. The quantitative estimate of drug-likeness (QED) is 0.779. The van der Waals surface area contributed by atoms with Crippen LogP contribution < -0.4 is 10.2 Å². The molecule has 4 nitrogen and oxygen atoms in total. The van der Waals surface area contributed by atoms with Gasteiger partial charge in [-0.3, -0.25) is 9.78 Å². The molecular formula is C22H23N3O. The number of fused-ring (bicyclic) bond motifs is 1. The van der Waals surface area contributed by atoms with Crippen LogP contribution in [0.4, 0.5) is 5.69 Å². The molecule has 0 bridgehead atoms. The molecule has 132 valence electrons. The van der Waals surface area contributed by atoms with Gasteiger partial charge in [0.2, 0.25) is 0 Å². The Morgan fingerprint density at radius 1 is 1.12 bits per heavy atom. The van der Waals surface area contributed by atoms with E-state index in [4.69, 9.17) is 0 Å². The standard InChI is InChI=1S/C22H23N3O/c1-16-12-13-17-7-5-11-20(21(17)24-16)22(26)23-15-19-10-6-14-25(19)18-8-3-2-4-9-18/h2-5,7-9,11-13,19H,6,10,14-15H2,1H3,(H,23,26)/t19-/m0/s1. The highest BCUT2D eigenvalue weighted by atomic mass is 16.1. The Labute approximate surface area is 153 Å². The summed E-state index contributed by atoms with van der Waals surface area (Å²) in [6.07, 6.45) is 2.26. The SMILES string of the molecule is Cc1ccc2cccc(C(=O)NC[C@@H]3CCCN3c3ccccc3)c2n1. The second-order valence-electron chi connectivity index (χ2n) is 6.86. The van der Waals surface area contributed by atoms with Crippen molar-refractivity contribution in [2.45, 2.75) is 25.8 Å². The van der Waals surface area contributed by atoms with E-state index in [2.05, 4.69) is 39.5 Å². The summed E-state index contributed by atoms with van der Waals surface area (Å²) in [4.78, 5) is 19.8. The zero-order valence-electron chi connectivity index (χ0n) is 15.0. The van der Waals surface area contributed by atoms with Crippen molar-refractivity contribution >= 4 is 22.5 Å². The van der Waals surface area contributed by atoms with Crippen LogP contribution >= 0.6 is 0 Å². The minimum Gasteiger partial charge on any atom is -0.367 e. The first-order valence-corrected chi connectivity index (χ1v) is 9.18. The third-order valence-electron chi connectivity index (χ3n) is 5.07. The lowest BCUT2D eigenvalue weighted by Crippen LogP contribution is -2.40. The average Bonchev–Trinajstić information content (AvgIpc) is 3.15. The normalized spacial score (nSPS) is 16.8. The number of para-hydroxylation sites is 2. The fourth-order valence-corrected chi connectivity index (χ4v) is 3.74. The molecule has 2 aromatic carbocycles. The molecule has 1 aliphatic heterocycles. The number of nitrogens with one attached hydrogen (secondary N) is 1. The van der Waals surface area contributed by atoms with E-state index in [1.165, 1.54) is 5.69 Å². The lowest BCUT2D eigenvalue weighted by atomic mass is 10.1. The smallest absolute Gasteiger partial charge is 0.253 e. The van der Waals surface area contributed by atoms with Gasteiger partial charge in [-0.2, -0.15) is 0 Å². The highest BCUT2D eigenvalue weighted by Gasteiger charge is 2.25. The Morgan fingerprint density at radius 2 is 1.96 bits per heavy atom. The summed E-state index contributed by atoms with van der Waals surface area (Å²) in [5.41, 5.74) is 3.57. The first-order valence-electron chi connectivity index (χ1n) is 9.18. The van der Waals surface area contributed by atoms with Crippen LogP contribution in [0.5, 0.6) is 0 Å². The van der Waals surface area contributed by atoms with E-state index in [-0.39, 0.29) is 5.91 Å². The van der Waals surface area contributed by atoms with Gasteiger partial charge in [-0.05, 0) is 44.0 Å². The van der Waals surface area contributed by atoms with E-state index < -0.39 is 0 Å². The number of hydrogen-bond acceptors (Lipinski definition) is 3. The van der Waals surface area contributed by atoms with Crippen LogP contribution in [0.1, 0.15) is 28.9 Å². The number of pyridine rings is 1. The van der Waals surface area contributed by atoms with Crippen LogP contribution in [0, 0.1) is 6.92 Å². The van der Waals surface area contributed by atoms with Crippen LogP contribution in [-0.2, 0) is 0 Å². The Morgan fingerprint density at radius 3 is 2.81 bits per heavy atom. The number of hydrogen-bond donors (Lipinski definition) is 1. The second-order valence-corrected chi connectivity index (χ2v) is 6.86. The van der Waals surface area contributed by atoms with Gasteiger partial charge < -0.3 is 10.2 Å². The highest BCUT2D eigenvalue weighted by molar-refractivity contribution is 6.05. The molecule has 1 amide bonds. The van der Waals surface area contributed by atoms with Gasteiger partial charge in [-0.1, -0.05) is 36.4 Å². The lowest BCUT2D eigenvalue weighted by molar-refractivity contribution is 0.0953. The summed E-state index contributed by atoms with van der Waals surface area (Å²) in [7, 11) is 0. The van der Waals surface area contributed by atoms with Crippen molar-refractivity contribution in [2.75, 3.05) is 18.0 Å². The molecule has 1 aliphatic rings. The van der Waals surface area contributed by atoms with Crippen molar-refractivity contribution < 1.29 is 4.79 Å². The maximum Gasteiger partial charge on any atom is 0.253 e. The average molecular weight is 345 g/mol. The minimum absolute atomic E-state index is 0.0476. The molecule has 1 saturated heterocycles. The molecule has 0 saturated carbocycles. The summed E-state index contributed by atoms with van der Waals surface area (Å²) >= 11 is 0. The monoisotopic (exact) mass is 345 g/mol. The molecule has 2 heterocycles. The van der Waals surface area contributed by atoms with E-state index in [9.17, 15) is 4.79 Å². The molecule has 26 heavy (non-hydrogen) atoms. The maximum absolute atomic E-state index is 12.8. The summed E-state index contributed by atoms with van der Waals surface area (Å²) in [5, 5.41) is 4.13. The molecule has 1 N–H and O–H groups in total. The van der Waals surface area contributed by atoms with Crippen molar-refractivity contribution in [2.24, 2.45) is 0 Å². The molecular weight excluding hydrogens is 322 g/mol. The van der Waals surface area contributed by atoms with Crippen molar-refractivity contribution in [3.8, 4) is 0 Å². The zero-order valence-corrected chi connectivity index (χ0v) is 15.0. The lowest BCUT2D eigenvalue weighted by Gasteiger charge is -2.27. The van der Waals surface area contributed by atoms with Crippen LogP contribution in [0.15, 0.2) is 60.7 Å². The first kappa shape index (κ1) is 16.6. The molecule has 0 aliphatic carbocycles. The largest absolute Gasteiger partial charge is 0.367 e. The van der Waals surface area contributed by atoms with E-state index in [0.717, 1.165) is 36.0 Å². The van der Waals surface area contributed by atoms with Gasteiger partial charge in [0.25, 0.3) is 5.91 Å². The van der Waals surface area contributed by atoms with E-state index in [1.54, 1.807) is 0 Å². The van der Waals surface area contributed by atoms with Crippen LogP contribution in [0.3, 0.4) is 0 Å². The molecule has 0 spiro atoms. The Balaban J connectivity index is 1.50. The van der Waals surface area contributed by atoms with Gasteiger partial charge in [0, 0.05) is 35.9 Å². The number of aryl methyl sites for hydroxylation is 1. The molecule has 1 fully saturated rings. The number of aromatic nitrogens is 1. The molecule has 0 unspecified atom stereocenters. The van der Waals surface area contributed by atoms with E-state index >= 15 is 0 Å². The van der Waals surface area contributed by atoms with E-state index in [0.29, 0.717) is 18.2 Å². The number of carbonyl (C=O) groups is 1. The molecule has 0 radical (unpaired) electrons. The number of anilines is 1. The summed E-state index contributed by atoms with van der Waals surface area (Å²) in [6.45, 7) is 3.64. The Kier molecular flexibility index (Phi) is 4.57. The van der Waals surface area contributed by atoms with Gasteiger partial charge in [-0.25, -0.2) is 0 Å². The number of rotatable bonds is 4. The van der Waals surface area contributed by atoms with Crippen molar-refractivity contribution in [1.82, 2.24) is 10.3 Å². The van der Waals surface area contributed by atoms with Gasteiger partial charge >= 0.3 is 0 Å². The highest BCUT2D eigenvalue weighted by Crippen LogP contribution is 2.25. The third-order valence-corrected chi connectivity index (χ3v) is 5.07. The van der Waals surface area contributed by atoms with Gasteiger partial charge in [0.05, 0.1) is 11.1 Å². The second kappa shape index (κ2) is 7.16. The minimum atomic E-state index is -0.0476. The topological polar surface area (TPSA) is 45.2 Å². The third kappa shape index (κ3) is 3.27. The molecule has 4 rings (SSSR count). The zero-order chi connectivity index (χ0) is 17.9. The van der Waals surface area contributed by atoms with Crippen molar-refractivity contribution in [3.63, 3.8) is 0 Å². The van der Waals surface area contributed by atoms with Gasteiger partial charge in [-0.15, -0.1) is 0 Å². The number of carbonyl (C=O) groups excluding carboxylic acids is 1. The Hall–Kier alpha value is -2.88. The van der Waals surface area contributed by atoms with Gasteiger partial charge in [0.15, 0.2) is 0 Å². The predicted octanol–water partition coefficient (Wildman–Crippen LogP) is 3.94. The number of nitrogens with zero attached hydrogens (tertiary/aromatic N) is 2. The summed E-state index contributed by atoms with van der Waals surface area (Å²) in [5.74, 6) is -0.0476. The van der Waals surface area contributed by atoms with Crippen LogP contribution in [-0.4, -0.2) is 30.0 Å². The molecule has 1 aromatic heterocycles. The molecule has 3 aromatic rings.